The van der Waals surface area contributed by atoms with Gasteiger partial charge < -0.3 is 14.5 Å². The second-order valence-corrected chi connectivity index (χ2v) is 7.85. The number of urea groups is 1. The lowest BCUT2D eigenvalue weighted by atomic mass is 10.1. The minimum atomic E-state index is -0.603. The Morgan fingerprint density at radius 3 is 2.34 bits per heavy atom. The molecule has 3 rings (SSSR count). The summed E-state index contributed by atoms with van der Waals surface area (Å²) < 4.78 is 20.2. The standard InChI is InChI=1S/C21H23BrFN3O3/c1-24-9-11-25(12-10-24)21(28)26(18-7-5-17(22)6-8-18)14-16-4-3-15(13-19(16)23)20(27)29-2/h3-8,13H,9-12,14H2,1-2H3. The normalized spacial score (nSPS) is 14.6. The van der Waals surface area contributed by atoms with Crippen molar-refractivity contribution in [2.24, 2.45) is 0 Å². The predicted octanol–water partition coefficient (Wildman–Crippen LogP) is 3.75. The van der Waals surface area contributed by atoms with Gasteiger partial charge in [-0.1, -0.05) is 22.0 Å². The number of benzene rings is 2. The molecule has 0 spiro atoms. The average Bonchev–Trinajstić information content (AvgIpc) is 2.73. The van der Waals surface area contributed by atoms with Gasteiger partial charge >= 0.3 is 12.0 Å². The van der Waals surface area contributed by atoms with Crippen LogP contribution in [0.3, 0.4) is 0 Å². The molecule has 1 heterocycles. The second-order valence-electron chi connectivity index (χ2n) is 6.93. The van der Waals surface area contributed by atoms with Gasteiger partial charge in [-0.3, -0.25) is 4.90 Å². The SMILES string of the molecule is COC(=O)c1ccc(CN(C(=O)N2CCN(C)CC2)c2ccc(Br)cc2)c(F)c1. The Morgan fingerprint density at radius 2 is 1.76 bits per heavy atom. The Morgan fingerprint density at radius 1 is 1.10 bits per heavy atom. The summed E-state index contributed by atoms with van der Waals surface area (Å²) in [7, 11) is 3.27. The molecule has 1 aliphatic heterocycles. The lowest BCUT2D eigenvalue weighted by molar-refractivity contribution is 0.0600. The van der Waals surface area contributed by atoms with E-state index in [2.05, 4.69) is 25.6 Å². The van der Waals surface area contributed by atoms with E-state index in [1.807, 2.05) is 31.3 Å². The molecular weight excluding hydrogens is 441 g/mol. The van der Waals surface area contributed by atoms with Gasteiger partial charge in [0.1, 0.15) is 5.82 Å². The molecule has 0 saturated carbocycles. The average molecular weight is 464 g/mol. The number of hydrogen-bond donors (Lipinski definition) is 0. The zero-order valence-corrected chi connectivity index (χ0v) is 18.0. The topological polar surface area (TPSA) is 53.1 Å². The molecule has 1 fully saturated rings. The fraction of sp³-hybridized carbons (Fsp3) is 0.333. The van der Waals surface area contributed by atoms with E-state index in [9.17, 15) is 14.0 Å². The number of methoxy groups -OCH3 is 1. The number of hydrogen-bond acceptors (Lipinski definition) is 4. The number of esters is 1. The van der Waals surface area contributed by atoms with Gasteiger partial charge in [0, 0.05) is 41.9 Å². The van der Waals surface area contributed by atoms with Gasteiger partial charge in [-0.2, -0.15) is 0 Å². The highest BCUT2D eigenvalue weighted by molar-refractivity contribution is 9.10. The van der Waals surface area contributed by atoms with E-state index in [0.29, 0.717) is 24.3 Å². The summed E-state index contributed by atoms with van der Waals surface area (Å²) in [4.78, 5) is 30.4. The molecule has 0 aromatic heterocycles. The van der Waals surface area contributed by atoms with Gasteiger partial charge in [0.15, 0.2) is 0 Å². The first-order chi connectivity index (χ1) is 13.9. The van der Waals surface area contributed by atoms with Crippen LogP contribution in [0.5, 0.6) is 0 Å². The maximum atomic E-state index is 14.7. The zero-order valence-electron chi connectivity index (χ0n) is 16.4. The molecule has 8 heteroatoms. The van der Waals surface area contributed by atoms with Crippen molar-refractivity contribution in [2.75, 3.05) is 45.2 Å². The van der Waals surface area contributed by atoms with E-state index in [0.717, 1.165) is 23.6 Å². The number of halogens is 2. The van der Waals surface area contributed by atoms with Crippen LogP contribution in [0, 0.1) is 5.82 Å². The van der Waals surface area contributed by atoms with Crippen LogP contribution in [-0.4, -0.2) is 62.1 Å². The number of nitrogens with zero attached hydrogens (tertiary/aromatic N) is 3. The summed E-state index contributed by atoms with van der Waals surface area (Å²) in [6.45, 7) is 2.88. The van der Waals surface area contributed by atoms with Crippen molar-refractivity contribution in [1.82, 2.24) is 9.80 Å². The monoisotopic (exact) mass is 463 g/mol. The first-order valence-corrected chi connectivity index (χ1v) is 10.1. The van der Waals surface area contributed by atoms with E-state index in [1.54, 1.807) is 9.80 Å². The minimum Gasteiger partial charge on any atom is -0.465 e. The highest BCUT2D eigenvalue weighted by Crippen LogP contribution is 2.24. The molecular formula is C21H23BrFN3O3. The number of carbonyl (C=O) groups is 2. The lowest BCUT2D eigenvalue weighted by Crippen LogP contribution is -2.52. The summed E-state index contributed by atoms with van der Waals surface area (Å²) in [5, 5.41) is 0. The molecule has 0 bridgehead atoms. The van der Waals surface area contributed by atoms with Crippen LogP contribution in [0.2, 0.25) is 0 Å². The van der Waals surface area contributed by atoms with Gasteiger partial charge in [0.25, 0.3) is 0 Å². The third-order valence-electron chi connectivity index (χ3n) is 4.95. The smallest absolute Gasteiger partial charge is 0.337 e. The number of rotatable bonds is 4. The molecule has 2 amide bonds. The van der Waals surface area contributed by atoms with E-state index < -0.39 is 11.8 Å². The van der Waals surface area contributed by atoms with Gasteiger partial charge in [-0.15, -0.1) is 0 Å². The van der Waals surface area contributed by atoms with Gasteiger partial charge in [0.05, 0.1) is 19.2 Å². The van der Waals surface area contributed by atoms with Gasteiger partial charge in [0.2, 0.25) is 0 Å². The molecule has 6 nitrogen and oxygen atoms in total. The predicted molar refractivity (Wildman–Crippen MR) is 113 cm³/mol. The lowest BCUT2D eigenvalue weighted by Gasteiger charge is -2.36. The Hall–Kier alpha value is -2.45. The van der Waals surface area contributed by atoms with Crippen LogP contribution < -0.4 is 4.90 Å². The quantitative estimate of drug-likeness (QED) is 0.647. The highest BCUT2D eigenvalue weighted by Gasteiger charge is 2.26. The molecule has 2 aromatic rings. The maximum Gasteiger partial charge on any atom is 0.337 e. The molecule has 0 aliphatic carbocycles. The van der Waals surface area contributed by atoms with Crippen LogP contribution in [-0.2, 0) is 11.3 Å². The third-order valence-corrected chi connectivity index (χ3v) is 5.47. The van der Waals surface area contributed by atoms with Gasteiger partial charge in [-0.05, 0) is 43.4 Å². The Labute approximate surface area is 178 Å². The van der Waals surface area contributed by atoms with Crippen LogP contribution in [0.4, 0.5) is 14.9 Å². The van der Waals surface area contributed by atoms with Crippen molar-refractivity contribution in [3.63, 3.8) is 0 Å². The van der Waals surface area contributed by atoms with Crippen molar-refractivity contribution < 1.29 is 18.7 Å². The number of piperazine rings is 1. The molecule has 0 radical (unpaired) electrons. The maximum absolute atomic E-state index is 14.7. The van der Waals surface area contributed by atoms with Crippen molar-refractivity contribution in [1.29, 1.82) is 0 Å². The largest absolute Gasteiger partial charge is 0.465 e. The fourth-order valence-electron chi connectivity index (χ4n) is 3.15. The number of anilines is 1. The molecule has 154 valence electrons. The van der Waals surface area contributed by atoms with Crippen molar-refractivity contribution >= 4 is 33.6 Å². The molecule has 0 atom stereocenters. The van der Waals surface area contributed by atoms with Gasteiger partial charge in [-0.25, -0.2) is 14.0 Å². The first-order valence-electron chi connectivity index (χ1n) is 9.26. The number of ether oxygens (including phenoxy) is 1. The van der Waals surface area contributed by atoms with Crippen LogP contribution in [0.1, 0.15) is 15.9 Å². The number of amides is 2. The summed E-state index contributed by atoms with van der Waals surface area (Å²) >= 11 is 3.40. The fourth-order valence-corrected chi connectivity index (χ4v) is 3.41. The zero-order chi connectivity index (χ0) is 21.0. The van der Waals surface area contributed by atoms with Crippen LogP contribution in [0.15, 0.2) is 46.9 Å². The van der Waals surface area contributed by atoms with Crippen molar-refractivity contribution in [3.8, 4) is 0 Å². The number of likely N-dealkylation sites (N-methyl/N-ethyl adjacent to an activating group) is 1. The Balaban J connectivity index is 1.88. The van der Waals surface area contributed by atoms with Crippen molar-refractivity contribution in [2.45, 2.75) is 6.54 Å². The second kappa shape index (κ2) is 9.37. The first kappa shape index (κ1) is 21.3. The van der Waals surface area contributed by atoms with E-state index in [1.165, 1.54) is 19.2 Å². The molecule has 0 N–H and O–H groups in total. The molecule has 29 heavy (non-hydrogen) atoms. The molecule has 0 unspecified atom stereocenters. The van der Waals surface area contributed by atoms with E-state index >= 15 is 0 Å². The molecule has 2 aromatic carbocycles. The minimum absolute atomic E-state index is 0.0556. The molecule has 1 saturated heterocycles. The summed E-state index contributed by atoms with van der Waals surface area (Å²) in [5.74, 6) is -1.16. The third kappa shape index (κ3) is 5.13. The molecule has 1 aliphatic rings. The van der Waals surface area contributed by atoms with Crippen molar-refractivity contribution in [3.05, 3.63) is 63.9 Å². The summed E-state index contributed by atoms with van der Waals surface area (Å²) in [6.07, 6.45) is 0. The van der Waals surface area contributed by atoms with E-state index in [4.69, 9.17) is 0 Å². The van der Waals surface area contributed by atoms with Crippen LogP contribution >= 0.6 is 15.9 Å². The number of carbonyl (C=O) groups excluding carboxylic acids is 2. The Kier molecular flexibility index (Phi) is 6.87. The van der Waals surface area contributed by atoms with E-state index in [-0.39, 0.29) is 18.1 Å². The highest BCUT2D eigenvalue weighted by atomic mass is 79.9. The van der Waals surface area contributed by atoms with Crippen LogP contribution in [0.25, 0.3) is 0 Å². The Bertz CT molecular complexity index is 883. The summed E-state index contributed by atoms with van der Waals surface area (Å²) in [5.41, 5.74) is 1.13. The summed E-state index contributed by atoms with van der Waals surface area (Å²) in [6, 6.07) is 11.3.